The minimum absolute atomic E-state index is 0.690. The fourth-order valence-electron chi connectivity index (χ4n) is 1.00. The van der Waals surface area contributed by atoms with Gasteiger partial charge < -0.3 is 4.55 Å². The van der Waals surface area contributed by atoms with Gasteiger partial charge in [0.25, 0.3) is 0 Å². The second-order valence-corrected chi connectivity index (χ2v) is 3.88. The molecule has 11 heavy (non-hydrogen) atoms. The molecule has 1 unspecified atom stereocenters. The highest BCUT2D eigenvalue weighted by Gasteiger charge is 2.08. The zero-order chi connectivity index (χ0) is 8.43. The lowest BCUT2D eigenvalue weighted by Crippen LogP contribution is -2.03. The van der Waals surface area contributed by atoms with Gasteiger partial charge in [0, 0.05) is 22.9 Å². The second kappa shape index (κ2) is 3.24. The Morgan fingerprint density at radius 2 is 2.09 bits per heavy atom. The summed E-state index contributed by atoms with van der Waals surface area (Å²) in [7, 11) is 0. The molecular formula is C8H11NOS. The molecule has 1 heterocycles. The van der Waals surface area contributed by atoms with E-state index < -0.39 is 11.2 Å². The molecule has 60 valence electrons. The first-order valence-corrected chi connectivity index (χ1v) is 4.93. The molecule has 0 saturated heterocycles. The molecule has 1 rings (SSSR count). The molecule has 0 N–H and O–H groups in total. The van der Waals surface area contributed by atoms with Crippen LogP contribution in [0.15, 0.2) is 17.3 Å². The van der Waals surface area contributed by atoms with Crippen LogP contribution >= 0.6 is 0 Å². The molecule has 0 radical (unpaired) electrons. The van der Waals surface area contributed by atoms with Crippen molar-refractivity contribution in [2.24, 2.45) is 0 Å². The van der Waals surface area contributed by atoms with Crippen molar-refractivity contribution >= 4 is 11.2 Å². The minimum atomic E-state index is -0.960. The Morgan fingerprint density at radius 1 is 1.45 bits per heavy atom. The summed E-state index contributed by atoms with van der Waals surface area (Å²) in [6.07, 6.45) is 3.38. The van der Waals surface area contributed by atoms with E-state index in [1.807, 2.05) is 19.9 Å². The van der Waals surface area contributed by atoms with E-state index in [0.717, 1.165) is 11.1 Å². The monoisotopic (exact) mass is 169 g/mol. The highest BCUT2D eigenvalue weighted by molar-refractivity contribution is 7.90. The van der Waals surface area contributed by atoms with Gasteiger partial charge >= 0.3 is 0 Å². The highest BCUT2D eigenvalue weighted by atomic mass is 32.2. The molecule has 1 aromatic rings. The van der Waals surface area contributed by atoms with Crippen LogP contribution in [0, 0.1) is 13.8 Å². The lowest BCUT2D eigenvalue weighted by molar-refractivity contribution is 0.596. The third-order valence-corrected chi connectivity index (χ3v) is 2.41. The van der Waals surface area contributed by atoms with Crippen LogP contribution in [0.3, 0.4) is 0 Å². The summed E-state index contributed by atoms with van der Waals surface area (Å²) in [4.78, 5) is 4.08. The molecule has 2 nitrogen and oxygen atoms in total. The maximum atomic E-state index is 11.0. The number of aromatic nitrogens is 1. The summed E-state index contributed by atoms with van der Waals surface area (Å²) in [6.45, 7) is 3.90. The number of aryl methyl sites for hydroxylation is 2. The van der Waals surface area contributed by atoms with Crippen molar-refractivity contribution in [3.63, 3.8) is 0 Å². The molecule has 1 aromatic heterocycles. The molecule has 0 fully saturated rings. The van der Waals surface area contributed by atoms with E-state index in [1.165, 1.54) is 0 Å². The third kappa shape index (κ3) is 1.94. The molecule has 0 aliphatic carbocycles. The molecule has 3 heteroatoms. The Labute approximate surface area is 69.8 Å². The predicted molar refractivity (Wildman–Crippen MR) is 46.0 cm³/mol. The molecule has 0 aromatic carbocycles. The molecule has 1 atom stereocenters. The van der Waals surface area contributed by atoms with Gasteiger partial charge in [-0.1, -0.05) is 0 Å². The van der Waals surface area contributed by atoms with E-state index in [2.05, 4.69) is 4.98 Å². The maximum Gasteiger partial charge on any atom is 0.247 e. The molecule has 0 bridgehead atoms. The minimum Gasteiger partial charge on any atom is -0.610 e. The molecule has 0 spiro atoms. The summed E-state index contributed by atoms with van der Waals surface area (Å²) in [5, 5.41) is 0.690. The number of pyridine rings is 1. The first kappa shape index (κ1) is 8.56. The van der Waals surface area contributed by atoms with Crippen molar-refractivity contribution in [1.29, 1.82) is 0 Å². The number of nitrogens with zero attached hydrogens (tertiary/aromatic N) is 1. The summed E-state index contributed by atoms with van der Waals surface area (Å²) >= 11 is -0.960. The normalized spacial score (nSPS) is 13.1. The lowest BCUT2D eigenvalue weighted by atomic mass is 10.2. The van der Waals surface area contributed by atoms with E-state index in [4.69, 9.17) is 0 Å². The van der Waals surface area contributed by atoms with Crippen molar-refractivity contribution in [2.45, 2.75) is 18.9 Å². The number of hydrogen-bond acceptors (Lipinski definition) is 2. The Bertz CT molecular complexity index is 260. The van der Waals surface area contributed by atoms with Crippen LogP contribution in [0.5, 0.6) is 0 Å². The standard InChI is InChI=1S/C8H11NOS/c1-6-4-7(2)8(9-5-6)11(3)10/h4-5H,1-3H3. The second-order valence-electron chi connectivity index (χ2n) is 2.59. The summed E-state index contributed by atoms with van der Waals surface area (Å²) in [5.74, 6) is 0. The molecule has 0 aliphatic rings. The summed E-state index contributed by atoms with van der Waals surface area (Å²) in [5.41, 5.74) is 2.11. The van der Waals surface area contributed by atoms with Gasteiger partial charge in [0.1, 0.15) is 6.26 Å². The predicted octanol–water partition coefficient (Wildman–Crippen LogP) is 1.44. The Balaban J connectivity index is 3.09. The smallest absolute Gasteiger partial charge is 0.247 e. The van der Waals surface area contributed by atoms with Gasteiger partial charge in [-0.15, -0.1) is 0 Å². The third-order valence-electron chi connectivity index (χ3n) is 1.44. The van der Waals surface area contributed by atoms with Gasteiger partial charge in [-0.3, -0.25) is 0 Å². The van der Waals surface area contributed by atoms with Crippen molar-refractivity contribution in [1.82, 2.24) is 4.98 Å². The van der Waals surface area contributed by atoms with Crippen molar-refractivity contribution in [3.8, 4) is 0 Å². The molecule has 0 aliphatic heterocycles. The van der Waals surface area contributed by atoms with Crippen LogP contribution in [0.4, 0.5) is 0 Å². The van der Waals surface area contributed by atoms with Gasteiger partial charge in [-0.2, -0.15) is 0 Å². The van der Waals surface area contributed by atoms with Crippen LogP contribution in [-0.2, 0) is 11.2 Å². The first-order valence-electron chi connectivity index (χ1n) is 3.38. The van der Waals surface area contributed by atoms with Crippen molar-refractivity contribution in [3.05, 3.63) is 23.4 Å². The van der Waals surface area contributed by atoms with E-state index >= 15 is 0 Å². The average molecular weight is 169 g/mol. The Hall–Kier alpha value is -0.540. The average Bonchev–Trinajstić information content (AvgIpc) is 1.85. The van der Waals surface area contributed by atoms with Gasteiger partial charge in [-0.25, -0.2) is 4.98 Å². The molecule has 0 amide bonds. The zero-order valence-corrected chi connectivity index (χ0v) is 7.73. The SMILES string of the molecule is Cc1cnc([S+](C)[O-])c(C)c1. The van der Waals surface area contributed by atoms with Gasteiger partial charge in [0.15, 0.2) is 0 Å². The fraction of sp³-hybridized carbons (Fsp3) is 0.375. The summed E-state index contributed by atoms with van der Waals surface area (Å²) < 4.78 is 11.0. The van der Waals surface area contributed by atoms with Gasteiger partial charge in [-0.05, 0) is 25.5 Å². The van der Waals surface area contributed by atoms with Crippen LogP contribution in [0.2, 0.25) is 0 Å². The maximum absolute atomic E-state index is 11.0. The topological polar surface area (TPSA) is 36.0 Å². The Kier molecular flexibility index (Phi) is 2.52. The van der Waals surface area contributed by atoms with E-state index in [0.29, 0.717) is 5.03 Å². The summed E-state index contributed by atoms with van der Waals surface area (Å²) in [6, 6.07) is 1.99. The van der Waals surface area contributed by atoms with Gasteiger partial charge in [0.05, 0.1) is 0 Å². The van der Waals surface area contributed by atoms with E-state index in [-0.39, 0.29) is 0 Å². The molecule has 0 saturated carbocycles. The number of hydrogen-bond donors (Lipinski definition) is 0. The van der Waals surface area contributed by atoms with Crippen LogP contribution in [0.1, 0.15) is 11.1 Å². The number of rotatable bonds is 1. The highest BCUT2D eigenvalue weighted by Crippen LogP contribution is 2.11. The first-order chi connectivity index (χ1) is 5.11. The quantitative estimate of drug-likeness (QED) is 0.596. The van der Waals surface area contributed by atoms with Gasteiger partial charge in [0.2, 0.25) is 5.03 Å². The molecular weight excluding hydrogens is 158 g/mol. The van der Waals surface area contributed by atoms with Crippen molar-refractivity contribution in [2.75, 3.05) is 6.26 Å². The Morgan fingerprint density at radius 3 is 2.55 bits per heavy atom. The van der Waals surface area contributed by atoms with E-state index in [1.54, 1.807) is 12.5 Å². The fourth-order valence-corrected chi connectivity index (χ4v) is 1.72. The van der Waals surface area contributed by atoms with Crippen LogP contribution in [-0.4, -0.2) is 15.8 Å². The largest absolute Gasteiger partial charge is 0.610 e. The zero-order valence-electron chi connectivity index (χ0n) is 6.92. The lowest BCUT2D eigenvalue weighted by Gasteiger charge is -2.05. The van der Waals surface area contributed by atoms with Crippen LogP contribution < -0.4 is 0 Å². The van der Waals surface area contributed by atoms with Crippen LogP contribution in [0.25, 0.3) is 0 Å². The van der Waals surface area contributed by atoms with E-state index in [9.17, 15) is 4.55 Å². The van der Waals surface area contributed by atoms with Crippen molar-refractivity contribution < 1.29 is 4.55 Å².